The number of nitrogens with zero attached hydrogens (tertiary/aromatic N) is 5. The molecule has 2 rings (SSSR count). The van der Waals surface area contributed by atoms with Gasteiger partial charge in [-0.1, -0.05) is 19.1 Å². The summed E-state index contributed by atoms with van der Waals surface area (Å²) >= 11 is 0. The van der Waals surface area contributed by atoms with Crippen molar-refractivity contribution in [1.82, 2.24) is 25.1 Å². The van der Waals surface area contributed by atoms with Crippen molar-refractivity contribution in [3.05, 3.63) is 41.9 Å². The van der Waals surface area contributed by atoms with E-state index in [1.807, 2.05) is 43.4 Å². The minimum absolute atomic E-state index is 0.716. The van der Waals surface area contributed by atoms with Crippen LogP contribution in [0.25, 0.3) is 11.8 Å². The molecule has 0 radical (unpaired) electrons. The Kier molecular flexibility index (Phi) is 3.72. The molecule has 0 saturated carbocycles. The van der Waals surface area contributed by atoms with Gasteiger partial charge in [-0.25, -0.2) is 0 Å². The first-order valence-corrected chi connectivity index (χ1v) is 5.93. The third kappa shape index (κ3) is 2.74. The topological polar surface area (TPSA) is 46.8 Å². The summed E-state index contributed by atoms with van der Waals surface area (Å²) in [5, 5.41) is 11.7. The van der Waals surface area contributed by atoms with Crippen LogP contribution >= 0.6 is 0 Å². The number of hydrogen-bond donors (Lipinski definition) is 0. The van der Waals surface area contributed by atoms with Crippen LogP contribution in [0.3, 0.4) is 0 Å². The van der Waals surface area contributed by atoms with Crippen LogP contribution in [-0.4, -0.2) is 39.2 Å². The zero-order chi connectivity index (χ0) is 13.0. The average molecular weight is 243 g/mol. The summed E-state index contributed by atoms with van der Waals surface area (Å²) in [6.45, 7) is 2.14. The smallest absolute Gasteiger partial charge is 0.181 e. The summed E-state index contributed by atoms with van der Waals surface area (Å²) < 4.78 is 1.72. The van der Waals surface area contributed by atoms with Crippen LogP contribution in [0.4, 0.5) is 0 Å². The number of hydrogen-bond acceptors (Lipinski definition) is 4. The highest BCUT2D eigenvalue weighted by Gasteiger charge is 2.04. The van der Waals surface area contributed by atoms with Gasteiger partial charge in [0, 0.05) is 26.4 Å². The number of tetrazole rings is 1. The summed E-state index contributed by atoms with van der Waals surface area (Å²) in [7, 11) is 3.92. The van der Waals surface area contributed by atoms with Gasteiger partial charge in [-0.3, -0.25) is 0 Å². The van der Waals surface area contributed by atoms with Gasteiger partial charge >= 0.3 is 0 Å². The Labute approximate surface area is 107 Å². The molecule has 0 atom stereocenters. The van der Waals surface area contributed by atoms with Gasteiger partial charge in [0.1, 0.15) is 0 Å². The van der Waals surface area contributed by atoms with E-state index < -0.39 is 0 Å². The van der Waals surface area contributed by atoms with Gasteiger partial charge in [-0.2, -0.15) is 4.68 Å². The van der Waals surface area contributed by atoms with Crippen LogP contribution in [0.5, 0.6) is 0 Å². The van der Waals surface area contributed by atoms with Crippen molar-refractivity contribution < 1.29 is 0 Å². The zero-order valence-electron chi connectivity index (χ0n) is 10.9. The Morgan fingerprint density at radius 3 is 2.56 bits per heavy atom. The number of aromatic nitrogens is 4. The fourth-order valence-electron chi connectivity index (χ4n) is 1.57. The SMILES string of the molecule is CCc1ccc(-n2nnnc2/C=C/N(C)C)cc1. The van der Waals surface area contributed by atoms with Crippen LogP contribution in [0, 0.1) is 0 Å². The van der Waals surface area contributed by atoms with Crippen molar-refractivity contribution in [3.8, 4) is 5.69 Å². The molecular formula is C13H17N5. The summed E-state index contributed by atoms with van der Waals surface area (Å²) in [6, 6.07) is 8.25. The summed E-state index contributed by atoms with van der Waals surface area (Å²) in [4.78, 5) is 1.94. The lowest BCUT2D eigenvalue weighted by atomic mass is 10.1. The van der Waals surface area contributed by atoms with E-state index in [1.54, 1.807) is 4.68 Å². The molecule has 0 aliphatic carbocycles. The average Bonchev–Trinajstić information content (AvgIpc) is 2.85. The molecule has 0 aliphatic rings. The highest BCUT2D eigenvalue weighted by atomic mass is 15.5. The zero-order valence-corrected chi connectivity index (χ0v) is 10.9. The van der Waals surface area contributed by atoms with Crippen molar-refractivity contribution in [2.24, 2.45) is 0 Å². The number of benzene rings is 1. The molecule has 5 heteroatoms. The molecule has 18 heavy (non-hydrogen) atoms. The van der Waals surface area contributed by atoms with Crippen LogP contribution in [0.2, 0.25) is 0 Å². The van der Waals surface area contributed by atoms with Crippen LogP contribution in [-0.2, 0) is 6.42 Å². The third-order valence-corrected chi connectivity index (χ3v) is 2.60. The lowest BCUT2D eigenvalue weighted by molar-refractivity contribution is 0.567. The predicted octanol–water partition coefficient (Wildman–Crippen LogP) is 1.76. The van der Waals surface area contributed by atoms with Crippen molar-refractivity contribution >= 4 is 6.08 Å². The first-order valence-electron chi connectivity index (χ1n) is 5.93. The van der Waals surface area contributed by atoms with E-state index in [1.165, 1.54) is 5.56 Å². The van der Waals surface area contributed by atoms with Crippen molar-refractivity contribution in [2.45, 2.75) is 13.3 Å². The van der Waals surface area contributed by atoms with Crippen LogP contribution in [0.15, 0.2) is 30.5 Å². The Morgan fingerprint density at radius 1 is 1.22 bits per heavy atom. The third-order valence-electron chi connectivity index (χ3n) is 2.60. The second-order valence-electron chi connectivity index (χ2n) is 4.25. The lowest BCUT2D eigenvalue weighted by Gasteiger charge is -2.05. The quantitative estimate of drug-likeness (QED) is 0.821. The van der Waals surface area contributed by atoms with Gasteiger partial charge < -0.3 is 4.90 Å². The minimum Gasteiger partial charge on any atom is -0.383 e. The summed E-state index contributed by atoms with van der Waals surface area (Å²) in [5.74, 6) is 0.716. The molecule has 1 aromatic heterocycles. The Balaban J connectivity index is 2.30. The van der Waals surface area contributed by atoms with Gasteiger partial charge in [0.25, 0.3) is 0 Å². The van der Waals surface area contributed by atoms with E-state index in [-0.39, 0.29) is 0 Å². The molecular weight excluding hydrogens is 226 g/mol. The molecule has 2 aromatic rings. The molecule has 0 fully saturated rings. The molecule has 0 N–H and O–H groups in total. The Bertz CT molecular complexity index is 525. The summed E-state index contributed by atoms with van der Waals surface area (Å²) in [5.41, 5.74) is 2.27. The van der Waals surface area contributed by atoms with Crippen molar-refractivity contribution in [2.75, 3.05) is 14.1 Å². The molecule has 5 nitrogen and oxygen atoms in total. The van der Waals surface area contributed by atoms with Gasteiger partial charge in [0.15, 0.2) is 5.82 Å². The number of aryl methyl sites for hydroxylation is 1. The van der Waals surface area contributed by atoms with E-state index in [0.29, 0.717) is 5.82 Å². The molecule has 0 saturated heterocycles. The largest absolute Gasteiger partial charge is 0.383 e. The Hall–Kier alpha value is -2.17. The monoisotopic (exact) mass is 243 g/mol. The highest BCUT2D eigenvalue weighted by molar-refractivity contribution is 5.44. The van der Waals surface area contributed by atoms with E-state index in [0.717, 1.165) is 12.1 Å². The molecule has 0 amide bonds. The van der Waals surface area contributed by atoms with Gasteiger partial charge in [-0.05, 0) is 34.5 Å². The second kappa shape index (κ2) is 5.44. The molecule has 94 valence electrons. The molecule has 0 spiro atoms. The lowest BCUT2D eigenvalue weighted by Crippen LogP contribution is -2.03. The first kappa shape index (κ1) is 12.3. The highest BCUT2D eigenvalue weighted by Crippen LogP contribution is 2.11. The van der Waals surface area contributed by atoms with Gasteiger partial charge in [-0.15, -0.1) is 5.10 Å². The molecule has 0 aliphatic heterocycles. The summed E-state index contributed by atoms with van der Waals surface area (Å²) in [6.07, 6.45) is 4.83. The maximum Gasteiger partial charge on any atom is 0.181 e. The second-order valence-corrected chi connectivity index (χ2v) is 4.25. The van der Waals surface area contributed by atoms with E-state index >= 15 is 0 Å². The van der Waals surface area contributed by atoms with E-state index in [2.05, 4.69) is 34.6 Å². The standard InChI is InChI=1S/C13H17N5/c1-4-11-5-7-12(8-6-11)18-13(14-15-16-18)9-10-17(2)3/h5-10H,4H2,1-3H3/b10-9+. The Morgan fingerprint density at radius 2 is 1.94 bits per heavy atom. The van der Waals surface area contributed by atoms with Crippen molar-refractivity contribution in [1.29, 1.82) is 0 Å². The normalized spacial score (nSPS) is 11.1. The predicted molar refractivity (Wildman–Crippen MR) is 71.3 cm³/mol. The van der Waals surface area contributed by atoms with Gasteiger partial charge in [0.2, 0.25) is 0 Å². The first-order chi connectivity index (χ1) is 8.70. The molecule has 1 heterocycles. The fraction of sp³-hybridized carbons (Fsp3) is 0.308. The fourth-order valence-corrected chi connectivity index (χ4v) is 1.57. The maximum absolute atomic E-state index is 4.01. The molecule has 0 bridgehead atoms. The number of rotatable bonds is 4. The van der Waals surface area contributed by atoms with Crippen LogP contribution in [0.1, 0.15) is 18.3 Å². The molecule has 0 unspecified atom stereocenters. The van der Waals surface area contributed by atoms with E-state index in [9.17, 15) is 0 Å². The molecule has 1 aromatic carbocycles. The maximum atomic E-state index is 4.01. The van der Waals surface area contributed by atoms with E-state index in [4.69, 9.17) is 0 Å². The van der Waals surface area contributed by atoms with Gasteiger partial charge in [0.05, 0.1) is 5.69 Å². The van der Waals surface area contributed by atoms with Crippen LogP contribution < -0.4 is 0 Å². The minimum atomic E-state index is 0.716. The van der Waals surface area contributed by atoms with Crippen molar-refractivity contribution in [3.63, 3.8) is 0 Å².